The number of rotatable bonds is 0. The lowest BCUT2D eigenvalue weighted by Gasteiger charge is -2.35. The first kappa shape index (κ1) is 23.0. The zero-order valence-electron chi connectivity index (χ0n) is 19.5. The van der Waals surface area contributed by atoms with E-state index in [4.69, 9.17) is 10.5 Å². The molecule has 1 aliphatic carbocycles. The molecule has 3 aromatic rings. The van der Waals surface area contributed by atoms with E-state index in [-0.39, 0.29) is 47.2 Å². The fraction of sp³-hybridized carbons (Fsp3) is 0.370. The Kier molecular flexibility index (Phi) is 5.69. The number of ether oxygens (including phenoxy) is 1. The molecule has 4 unspecified atom stereocenters. The van der Waals surface area contributed by atoms with Crippen LogP contribution in [0.3, 0.4) is 0 Å². The fourth-order valence-electron chi connectivity index (χ4n) is 5.96. The van der Waals surface area contributed by atoms with Gasteiger partial charge in [0.05, 0.1) is 24.6 Å². The summed E-state index contributed by atoms with van der Waals surface area (Å²) in [4.78, 5) is 21.6. The van der Waals surface area contributed by atoms with Crippen molar-refractivity contribution in [3.05, 3.63) is 70.7 Å². The summed E-state index contributed by atoms with van der Waals surface area (Å²) in [5, 5.41) is 13.4. The SMILES string of the molecule is NC1CC2Cc3cc4c(c(F)c3-c3nc(ccc3F)C(=O)Nc3cnccc3C(C1)C2)OCCC4O. The first-order valence-corrected chi connectivity index (χ1v) is 12.2. The van der Waals surface area contributed by atoms with Crippen molar-refractivity contribution in [1.29, 1.82) is 0 Å². The van der Waals surface area contributed by atoms with Crippen LogP contribution in [0.2, 0.25) is 0 Å². The second-order valence-corrected chi connectivity index (χ2v) is 9.97. The fourth-order valence-corrected chi connectivity index (χ4v) is 5.96. The zero-order chi connectivity index (χ0) is 25.0. The number of amides is 1. The number of nitrogens with two attached hydrogens (primary N) is 1. The molecule has 1 amide bonds. The number of pyridine rings is 2. The summed E-state index contributed by atoms with van der Waals surface area (Å²) in [7, 11) is 0. The highest BCUT2D eigenvalue weighted by atomic mass is 19.1. The number of fused-ring (bicyclic) bond motifs is 9. The van der Waals surface area contributed by atoms with Gasteiger partial charge in [-0.3, -0.25) is 9.78 Å². The molecule has 36 heavy (non-hydrogen) atoms. The van der Waals surface area contributed by atoms with Gasteiger partial charge in [0.2, 0.25) is 0 Å². The molecule has 0 spiro atoms. The molecule has 1 saturated carbocycles. The van der Waals surface area contributed by atoms with E-state index in [1.54, 1.807) is 18.5 Å². The van der Waals surface area contributed by atoms with Crippen molar-refractivity contribution in [2.75, 3.05) is 11.9 Å². The molecule has 1 aromatic carbocycles. The first-order valence-electron chi connectivity index (χ1n) is 12.2. The Morgan fingerprint density at radius 1 is 1.14 bits per heavy atom. The number of anilines is 1. The highest BCUT2D eigenvalue weighted by Crippen LogP contribution is 2.45. The first-order chi connectivity index (χ1) is 17.4. The van der Waals surface area contributed by atoms with Crippen molar-refractivity contribution in [3.63, 3.8) is 0 Å². The maximum absolute atomic E-state index is 16.0. The Labute approximate surface area is 206 Å². The second kappa shape index (κ2) is 8.90. The third kappa shape index (κ3) is 3.92. The van der Waals surface area contributed by atoms with Gasteiger partial charge < -0.3 is 20.9 Å². The van der Waals surface area contributed by atoms with E-state index in [0.717, 1.165) is 30.9 Å². The molecule has 186 valence electrons. The summed E-state index contributed by atoms with van der Waals surface area (Å²) in [6.07, 6.45) is 5.37. The van der Waals surface area contributed by atoms with E-state index in [2.05, 4.69) is 15.3 Å². The van der Waals surface area contributed by atoms with Crippen LogP contribution in [0.1, 0.15) is 64.9 Å². The van der Waals surface area contributed by atoms with Gasteiger partial charge in [0.15, 0.2) is 11.6 Å². The lowest BCUT2D eigenvalue weighted by molar-refractivity contribution is 0.102. The molecule has 7 nitrogen and oxygen atoms in total. The lowest BCUT2D eigenvalue weighted by Crippen LogP contribution is -2.33. The third-order valence-corrected chi connectivity index (χ3v) is 7.54. The monoisotopic (exact) mass is 492 g/mol. The summed E-state index contributed by atoms with van der Waals surface area (Å²) >= 11 is 0. The Morgan fingerprint density at radius 2 is 2.00 bits per heavy atom. The average Bonchev–Trinajstić information content (AvgIpc) is 2.85. The quantitative estimate of drug-likeness (QED) is 0.433. The van der Waals surface area contributed by atoms with Crippen molar-refractivity contribution in [3.8, 4) is 17.0 Å². The molecule has 4 bridgehead atoms. The molecule has 2 aromatic heterocycles. The van der Waals surface area contributed by atoms with Gasteiger partial charge in [-0.2, -0.15) is 0 Å². The van der Waals surface area contributed by atoms with Crippen LogP contribution in [0.15, 0.2) is 36.7 Å². The summed E-state index contributed by atoms with van der Waals surface area (Å²) in [5.74, 6) is -2.04. The molecule has 3 aliphatic rings. The Bertz CT molecular complexity index is 1370. The van der Waals surface area contributed by atoms with Crippen molar-refractivity contribution < 1.29 is 23.4 Å². The van der Waals surface area contributed by atoms with Crippen LogP contribution in [0.5, 0.6) is 5.75 Å². The number of aliphatic hydroxyl groups is 1. The van der Waals surface area contributed by atoms with Gasteiger partial charge in [-0.15, -0.1) is 0 Å². The average molecular weight is 493 g/mol. The van der Waals surface area contributed by atoms with Gasteiger partial charge in [0.25, 0.3) is 5.91 Å². The Morgan fingerprint density at radius 3 is 2.86 bits per heavy atom. The summed E-state index contributed by atoms with van der Waals surface area (Å²) in [6, 6.07) is 5.89. The predicted molar refractivity (Wildman–Crippen MR) is 129 cm³/mol. The largest absolute Gasteiger partial charge is 0.490 e. The number of aliphatic hydroxyl groups excluding tert-OH is 1. The molecule has 0 saturated heterocycles. The number of carbonyl (C=O) groups excluding carboxylic acids is 1. The van der Waals surface area contributed by atoms with Crippen molar-refractivity contribution in [2.24, 2.45) is 11.7 Å². The highest BCUT2D eigenvalue weighted by Gasteiger charge is 2.34. The normalized spacial score (nSPS) is 25.1. The number of nitrogens with zero attached hydrogens (tertiary/aromatic N) is 2. The molecule has 4 atom stereocenters. The van der Waals surface area contributed by atoms with Crippen LogP contribution in [-0.4, -0.2) is 33.6 Å². The molecular formula is C27H26F2N4O3. The topological polar surface area (TPSA) is 110 Å². The van der Waals surface area contributed by atoms with E-state index >= 15 is 8.78 Å². The summed E-state index contributed by atoms with van der Waals surface area (Å²) in [6.45, 7) is 0.147. The lowest BCUT2D eigenvalue weighted by atomic mass is 9.73. The van der Waals surface area contributed by atoms with Gasteiger partial charge in [-0.05, 0) is 72.9 Å². The number of aromatic nitrogens is 2. The second-order valence-electron chi connectivity index (χ2n) is 9.97. The van der Waals surface area contributed by atoms with Gasteiger partial charge in [-0.1, -0.05) is 0 Å². The maximum atomic E-state index is 16.0. The van der Waals surface area contributed by atoms with Crippen LogP contribution in [0.4, 0.5) is 14.5 Å². The Hall–Kier alpha value is -3.43. The van der Waals surface area contributed by atoms with Crippen LogP contribution in [0.25, 0.3) is 11.3 Å². The van der Waals surface area contributed by atoms with Crippen LogP contribution < -0.4 is 15.8 Å². The van der Waals surface area contributed by atoms with E-state index in [0.29, 0.717) is 29.7 Å². The number of nitrogens with one attached hydrogen (secondary N) is 1. The molecule has 2 aliphatic heterocycles. The number of carbonyl (C=O) groups is 1. The highest BCUT2D eigenvalue weighted by molar-refractivity contribution is 6.03. The zero-order valence-corrected chi connectivity index (χ0v) is 19.5. The van der Waals surface area contributed by atoms with Crippen LogP contribution in [0, 0.1) is 17.6 Å². The minimum atomic E-state index is -0.881. The molecule has 4 N–H and O–H groups in total. The molecule has 1 fully saturated rings. The van der Waals surface area contributed by atoms with E-state index in [1.807, 2.05) is 6.07 Å². The smallest absolute Gasteiger partial charge is 0.274 e. The molecule has 0 radical (unpaired) electrons. The van der Waals surface area contributed by atoms with Gasteiger partial charge in [0, 0.05) is 29.8 Å². The molecule has 6 rings (SSSR count). The Balaban J connectivity index is 1.58. The standard InChI is InChI=1S/C27H26F2N4O3/c28-19-1-2-20-27(35)33-21-12-31-5-3-17(21)14-7-13(9-16(30)10-14)8-15-11-18-22(34)4-6-36-26(18)24(29)23(15)25(19)32-20/h1-3,5,11-14,16,22,34H,4,6-10,30H2,(H,33,35). The summed E-state index contributed by atoms with van der Waals surface area (Å²) < 4.78 is 36.8. The minimum Gasteiger partial charge on any atom is -0.490 e. The van der Waals surface area contributed by atoms with Gasteiger partial charge in [-0.25, -0.2) is 13.8 Å². The maximum Gasteiger partial charge on any atom is 0.274 e. The van der Waals surface area contributed by atoms with Crippen molar-refractivity contribution in [1.82, 2.24) is 9.97 Å². The van der Waals surface area contributed by atoms with Crippen LogP contribution in [-0.2, 0) is 6.42 Å². The van der Waals surface area contributed by atoms with E-state index in [9.17, 15) is 9.90 Å². The molecule has 4 heterocycles. The third-order valence-electron chi connectivity index (χ3n) is 7.54. The van der Waals surface area contributed by atoms with Gasteiger partial charge >= 0.3 is 0 Å². The molecular weight excluding hydrogens is 466 g/mol. The minimum absolute atomic E-state index is 0.0378. The van der Waals surface area contributed by atoms with Gasteiger partial charge in [0.1, 0.15) is 17.2 Å². The van der Waals surface area contributed by atoms with E-state index in [1.165, 1.54) is 6.07 Å². The predicted octanol–water partition coefficient (Wildman–Crippen LogP) is 4.26. The van der Waals surface area contributed by atoms with Crippen molar-refractivity contribution in [2.45, 2.75) is 50.2 Å². The van der Waals surface area contributed by atoms with Crippen LogP contribution >= 0.6 is 0 Å². The van der Waals surface area contributed by atoms with E-state index < -0.39 is 23.6 Å². The van der Waals surface area contributed by atoms with Crippen molar-refractivity contribution >= 4 is 11.6 Å². The number of benzene rings is 1. The number of halogens is 2. The summed E-state index contributed by atoms with van der Waals surface area (Å²) in [5.41, 5.74) is 8.48. The molecule has 9 heteroatoms. The number of hydrogen-bond acceptors (Lipinski definition) is 6. The number of hydrogen-bond donors (Lipinski definition) is 3.